The molecule has 0 aliphatic heterocycles. The van der Waals surface area contributed by atoms with Crippen LogP contribution in [0, 0.1) is 0 Å². The van der Waals surface area contributed by atoms with E-state index in [1.165, 1.54) is 0 Å². The van der Waals surface area contributed by atoms with Gasteiger partial charge in [0.1, 0.15) is 18.6 Å². The molecule has 0 fully saturated rings. The number of hydrogen-bond acceptors (Lipinski definition) is 3. The predicted octanol–water partition coefficient (Wildman–Crippen LogP) is 7.75. The molecule has 1 atom stereocenters. The largest absolute Gasteiger partial charge is 0.456 e. The van der Waals surface area contributed by atoms with Crippen molar-refractivity contribution in [2.24, 2.45) is 0 Å². The quantitative estimate of drug-likeness (QED) is 0.180. The van der Waals surface area contributed by atoms with Gasteiger partial charge in [-0.25, -0.2) is 0 Å². The Hall–Kier alpha value is -4.42. The summed E-state index contributed by atoms with van der Waals surface area (Å²) in [7, 11) is -6.20. The zero-order valence-corrected chi connectivity index (χ0v) is 25.2. The molecule has 0 saturated heterocycles. The highest BCUT2D eigenvalue weighted by molar-refractivity contribution is 7.85. The van der Waals surface area contributed by atoms with Gasteiger partial charge in [-0.3, -0.25) is 0 Å². The van der Waals surface area contributed by atoms with E-state index < -0.39 is 14.3 Å². The van der Waals surface area contributed by atoms with Crippen molar-refractivity contribution in [1.29, 1.82) is 0 Å². The minimum absolute atomic E-state index is 0.481. The molecule has 42 heavy (non-hydrogen) atoms. The number of ether oxygens (including phenoxy) is 1. The van der Waals surface area contributed by atoms with Crippen molar-refractivity contribution >= 4 is 40.8 Å². The van der Waals surface area contributed by atoms with Crippen molar-refractivity contribution in [3.8, 4) is 11.5 Å². The maximum Gasteiger partial charge on any atom is 0.174 e. The van der Waals surface area contributed by atoms with E-state index in [1.807, 2.05) is 176 Å². The Labute approximate surface area is 248 Å². The highest BCUT2D eigenvalue weighted by Crippen LogP contribution is 2.47. The van der Waals surface area contributed by atoms with Crippen LogP contribution in [0.2, 0.25) is 0 Å². The Morgan fingerprint density at radius 1 is 0.381 bits per heavy atom. The van der Waals surface area contributed by atoms with Crippen LogP contribution in [-0.2, 0) is 9.13 Å². The van der Waals surface area contributed by atoms with E-state index in [2.05, 4.69) is 0 Å². The van der Waals surface area contributed by atoms with E-state index in [9.17, 15) is 9.13 Å². The third-order valence-electron chi connectivity index (χ3n) is 6.90. The Morgan fingerprint density at radius 2 is 0.690 bits per heavy atom. The molecule has 208 valence electrons. The van der Waals surface area contributed by atoms with Gasteiger partial charge in [-0.05, 0) is 30.9 Å². The van der Waals surface area contributed by atoms with Crippen LogP contribution in [0.25, 0.3) is 0 Å². The van der Waals surface area contributed by atoms with E-state index in [0.29, 0.717) is 22.1 Å². The molecule has 0 aromatic heterocycles. The molecular formula is C37H32O3P2. The van der Waals surface area contributed by atoms with Crippen LogP contribution in [0.1, 0.15) is 0 Å². The van der Waals surface area contributed by atoms with Crippen molar-refractivity contribution in [2.45, 2.75) is 0 Å². The monoisotopic (exact) mass is 586 g/mol. The lowest BCUT2D eigenvalue weighted by Crippen LogP contribution is -2.26. The van der Waals surface area contributed by atoms with Crippen LogP contribution in [0.3, 0.4) is 0 Å². The third-order valence-corrected chi connectivity index (χ3v) is 12.6. The van der Waals surface area contributed by atoms with Crippen molar-refractivity contribution < 1.29 is 13.9 Å². The highest BCUT2D eigenvalue weighted by Gasteiger charge is 2.33. The minimum atomic E-state index is -3.26. The molecule has 6 aromatic carbocycles. The molecule has 6 aromatic rings. The van der Waals surface area contributed by atoms with Crippen LogP contribution in [0.5, 0.6) is 11.5 Å². The fourth-order valence-corrected chi connectivity index (χ4v) is 9.45. The standard InChI is InChI=1S/C31H26O3P2.C6H6/c1-35(32,25-15-5-2-6-16-25)30-23-13-11-21-28(30)34-29-22-12-14-24-31(29)36(33,26-17-7-3-8-18-26)27-19-9-4-10-20-27;1-2-4-6-5-3-1/h2-24H,1H3;1-6H. The lowest BCUT2D eigenvalue weighted by Gasteiger charge is -2.24. The summed E-state index contributed by atoms with van der Waals surface area (Å²) < 4.78 is 35.5. The summed E-state index contributed by atoms with van der Waals surface area (Å²) >= 11 is 0. The van der Waals surface area contributed by atoms with Gasteiger partial charge in [0.15, 0.2) is 7.14 Å². The van der Waals surface area contributed by atoms with Crippen LogP contribution in [0.15, 0.2) is 176 Å². The maximum atomic E-state index is 15.0. The van der Waals surface area contributed by atoms with E-state index >= 15 is 0 Å². The van der Waals surface area contributed by atoms with Gasteiger partial charge >= 0.3 is 0 Å². The van der Waals surface area contributed by atoms with E-state index in [4.69, 9.17) is 4.74 Å². The predicted molar refractivity (Wildman–Crippen MR) is 178 cm³/mol. The Kier molecular flexibility index (Phi) is 9.35. The molecule has 0 spiro atoms. The Bertz CT molecular complexity index is 1740. The fraction of sp³-hybridized carbons (Fsp3) is 0.0270. The Morgan fingerprint density at radius 3 is 1.14 bits per heavy atom. The van der Waals surface area contributed by atoms with Crippen LogP contribution in [0.4, 0.5) is 0 Å². The summed E-state index contributed by atoms with van der Waals surface area (Å²) in [5.41, 5.74) is 0. The fourth-order valence-electron chi connectivity index (χ4n) is 4.76. The molecule has 0 radical (unpaired) electrons. The van der Waals surface area contributed by atoms with Gasteiger partial charge in [0.2, 0.25) is 0 Å². The van der Waals surface area contributed by atoms with Gasteiger partial charge in [0.05, 0.1) is 10.6 Å². The number of para-hydroxylation sites is 2. The zero-order chi connectivity index (χ0) is 29.3. The van der Waals surface area contributed by atoms with E-state index in [0.717, 1.165) is 15.9 Å². The van der Waals surface area contributed by atoms with Gasteiger partial charge in [-0.15, -0.1) is 0 Å². The number of rotatable bonds is 7. The molecule has 0 N–H and O–H groups in total. The molecule has 0 bridgehead atoms. The molecule has 0 aliphatic rings. The second-order valence-corrected chi connectivity index (χ2v) is 15.3. The summed E-state index contributed by atoms with van der Waals surface area (Å²) in [6, 6.07) is 55.3. The molecule has 5 heteroatoms. The number of hydrogen-bond donors (Lipinski definition) is 0. The summed E-state index contributed by atoms with van der Waals surface area (Å²) in [5.74, 6) is 0.973. The Balaban J connectivity index is 0.000000524. The average molecular weight is 587 g/mol. The number of benzene rings is 6. The molecule has 0 saturated carbocycles. The SMILES string of the molecule is CP(=O)(c1ccccc1)c1ccccc1Oc1ccccc1P(=O)(c1ccccc1)c1ccccc1.c1ccccc1. The van der Waals surface area contributed by atoms with Crippen LogP contribution < -0.4 is 31.3 Å². The molecule has 0 aliphatic carbocycles. The van der Waals surface area contributed by atoms with Crippen molar-refractivity contribution in [1.82, 2.24) is 0 Å². The lowest BCUT2D eigenvalue weighted by molar-refractivity contribution is 0.489. The molecular weight excluding hydrogens is 554 g/mol. The van der Waals surface area contributed by atoms with Gasteiger partial charge in [0.25, 0.3) is 0 Å². The van der Waals surface area contributed by atoms with Crippen molar-refractivity contribution in [3.05, 3.63) is 176 Å². The van der Waals surface area contributed by atoms with Gasteiger partial charge in [-0.2, -0.15) is 0 Å². The molecule has 3 nitrogen and oxygen atoms in total. The van der Waals surface area contributed by atoms with E-state index in [1.54, 1.807) is 6.66 Å². The second-order valence-electron chi connectivity index (χ2n) is 9.73. The second kappa shape index (κ2) is 13.5. The van der Waals surface area contributed by atoms with Gasteiger partial charge in [-0.1, -0.05) is 152 Å². The summed E-state index contributed by atoms with van der Waals surface area (Å²) in [4.78, 5) is 0. The molecule has 0 amide bonds. The topological polar surface area (TPSA) is 43.4 Å². The third kappa shape index (κ3) is 6.39. The smallest absolute Gasteiger partial charge is 0.174 e. The average Bonchev–Trinajstić information content (AvgIpc) is 3.07. The summed E-state index contributed by atoms with van der Waals surface area (Å²) in [6.07, 6.45) is 0. The summed E-state index contributed by atoms with van der Waals surface area (Å²) in [5, 5.41) is 3.44. The minimum Gasteiger partial charge on any atom is -0.456 e. The van der Waals surface area contributed by atoms with Crippen LogP contribution in [-0.4, -0.2) is 6.66 Å². The normalized spacial score (nSPS) is 12.3. The van der Waals surface area contributed by atoms with E-state index in [-0.39, 0.29) is 0 Å². The molecule has 0 heterocycles. The summed E-state index contributed by atoms with van der Waals surface area (Å²) in [6.45, 7) is 1.76. The van der Waals surface area contributed by atoms with Crippen molar-refractivity contribution in [2.75, 3.05) is 6.66 Å². The first-order valence-electron chi connectivity index (χ1n) is 13.7. The molecule has 1 unspecified atom stereocenters. The molecule has 6 rings (SSSR count). The first-order valence-corrected chi connectivity index (χ1v) is 17.6. The first kappa shape index (κ1) is 29.1. The zero-order valence-electron chi connectivity index (χ0n) is 23.4. The van der Waals surface area contributed by atoms with Gasteiger partial charge < -0.3 is 13.9 Å². The highest BCUT2D eigenvalue weighted by atomic mass is 31.2. The first-order chi connectivity index (χ1) is 20.5. The lowest BCUT2D eigenvalue weighted by atomic mass is 10.3. The van der Waals surface area contributed by atoms with Crippen LogP contribution >= 0.6 is 14.3 Å². The van der Waals surface area contributed by atoms with Gasteiger partial charge in [0, 0.05) is 15.9 Å². The maximum absolute atomic E-state index is 15.0. The van der Waals surface area contributed by atoms with Crippen molar-refractivity contribution in [3.63, 3.8) is 0 Å².